The Morgan fingerprint density at radius 3 is 1.39 bits per heavy atom. The lowest BCUT2D eigenvalue weighted by Gasteiger charge is -2.34. The lowest BCUT2D eigenvalue weighted by molar-refractivity contribution is 0.670. The molecular weight excluding hydrogens is 955 g/mol. The van der Waals surface area contributed by atoms with Crippen molar-refractivity contribution < 1.29 is 4.42 Å². The molecule has 0 spiro atoms. The molecule has 1 aliphatic carbocycles. The summed E-state index contributed by atoms with van der Waals surface area (Å²) in [5.41, 5.74) is 23.9. The van der Waals surface area contributed by atoms with Crippen molar-refractivity contribution in [3.8, 4) is 66.8 Å². The van der Waals surface area contributed by atoms with Crippen LogP contribution >= 0.6 is 0 Å². The number of anilines is 3. The fourth-order valence-electron chi connectivity index (χ4n) is 12.6. The topological polar surface area (TPSA) is 16.4 Å². The Balaban J connectivity index is 0.793. The van der Waals surface area contributed by atoms with Gasteiger partial charge in [-0.25, -0.2) is 0 Å². The molecule has 1 heterocycles. The van der Waals surface area contributed by atoms with Crippen molar-refractivity contribution >= 4 is 49.8 Å². The fraction of sp³-hybridized carbons (Fsp3) is 0.0130. The zero-order chi connectivity index (χ0) is 52.3. The molecule has 0 atom stereocenters. The number of para-hydroxylation sites is 2. The first-order valence-corrected chi connectivity index (χ1v) is 27.2. The van der Waals surface area contributed by atoms with Crippen molar-refractivity contribution in [1.29, 1.82) is 0 Å². The maximum atomic E-state index is 6.50. The summed E-state index contributed by atoms with van der Waals surface area (Å²) in [6.07, 6.45) is 0. The van der Waals surface area contributed by atoms with Gasteiger partial charge in [0, 0.05) is 33.4 Å². The highest BCUT2D eigenvalue weighted by molar-refractivity contribution is 6.09. The summed E-state index contributed by atoms with van der Waals surface area (Å²) in [4.78, 5) is 2.37. The van der Waals surface area contributed by atoms with Crippen LogP contribution in [0.5, 0.6) is 0 Å². The van der Waals surface area contributed by atoms with Crippen LogP contribution in [-0.2, 0) is 5.41 Å². The molecule has 0 saturated heterocycles. The van der Waals surface area contributed by atoms with Crippen molar-refractivity contribution in [3.05, 3.63) is 332 Å². The third-order valence-corrected chi connectivity index (χ3v) is 16.4. The Morgan fingerprint density at radius 2 is 0.709 bits per heavy atom. The van der Waals surface area contributed by atoms with E-state index in [0.717, 1.165) is 55.7 Å². The highest BCUT2D eigenvalue weighted by Gasteiger charge is 2.46. The SMILES string of the molecule is c1ccc(C2(c3ccccc3)c3ccccc3-c3c(-c4ccc(N(c5ccc(-c6ccc(-c7cccc(-c8ccc9ccccc9c8)c7)cc6)cc5)c5ccc(-c6cccc7c6oc6ccccc67)cc5)cc4)cccc32)cc1. The average Bonchev–Trinajstić information content (AvgIpc) is 4.28. The molecule has 0 saturated carbocycles. The third-order valence-electron chi connectivity index (χ3n) is 16.4. The van der Waals surface area contributed by atoms with E-state index in [1.165, 1.54) is 83.1 Å². The molecule has 1 aromatic heterocycles. The molecule has 0 amide bonds. The molecule has 15 rings (SSSR count). The number of fused-ring (bicyclic) bond motifs is 7. The Labute approximate surface area is 460 Å². The lowest BCUT2D eigenvalue weighted by atomic mass is 9.67. The Kier molecular flexibility index (Phi) is 11.1. The zero-order valence-electron chi connectivity index (χ0n) is 43.3. The van der Waals surface area contributed by atoms with E-state index in [-0.39, 0.29) is 0 Å². The summed E-state index contributed by atoms with van der Waals surface area (Å²) in [5, 5.41) is 4.76. The second kappa shape index (κ2) is 19.1. The molecular formula is C77H51NO. The van der Waals surface area contributed by atoms with Crippen LogP contribution in [0.2, 0.25) is 0 Å². The van der Waals surface area contributed by atoms with Crippen LogP contribution in [0.4, 0.5) is 17.1 Å². The number of benzene rings is 13. The molecule has 0 bridgehead atoms. The van der Waals surface area contributed by atoms with E-state index in [4.69, 9.17) is 4.42 Å². The first-order valence-electron chi connectivity index (χ1n) is 27.2. The summed E-state index contributed by atoms with van der Waals surface area (Å²) in [6, 6.07) is 113. The number of hydrogen-bond donors (Lipinski definition) is 0. The van der Waals surface area contributed by atoms with Crippen molar-refractivity contribution in [2.75, 3.05) is 4.90 Å². The summed E-state index contributed by atoms with van der Waals surface area (Å²) in [7, 11) is 0. The minimum atomic E-state index is -0.470. The van der Waals surface area contributed by atoms with Gasteiger partial charge >= 0.3 is 0 Å². The fourth-order valence-corrected chi connectivity index (χ4v) is 12.6. The highest BCUT2D eigenvalue weighted by atomic mass is 16.3. The number of furan rings is 1. The van der Waals surface area contributed by atoms with Crippen LogP contribution in [-0.4, -0.2) is 0 Å². The average molecular weight is 1010 g/mol. The van der Waals surface area contributed by atoms with E-state index in [2.05, 4.69) is 302 Å². The molecule has 79 heavy (non-hydrogen) atoms. The molecule has 14 aromatic rings. The minimum Gasteiger partial charge on any atom is -0.455 e. The van der Waals surface area contributed by atoms with Gasteiger partial charge in [0.15, 0.2) is 0 Å². The molecule has 1 aliphatic rings. The van der Waals surface area contributed by atoms with Gasteiger partial charge in [0.05, 0.1) is 5.41 Å². The van der Waals surface area contributed by atoms with Gasteiger partial charge in [-0.3, -0.25) is 0 Å². The third kappa shape index (κ3) is 7.79. The smallest absolute Gasteiger partial charge is 0.143 e. The van der Waals surface area contributed by atoms with Crippen LogP contribution < -0.4 is 4.90 Å². The number of hydrogen-bond acceptors (Lipinski definition) is 2. The molecule has 13 aromatic carbocycles. The molecule has 0 radical (unpaired) electrons. The molecule has 0 N–H and O–H groups in total. The number of nitrogens with zero attached hydrogens (tertiary/aromatic N) is 1. The molecule has 0 aliphatic heterocycles. The van der Waals surface area contributed by atoms with E-state index in [0.29, 0.717) is 0 Å². The van der Waals surface area contributed by atoms with Crippen molar-refractivity contribution in [3.63, 3.8) is 0 Å². The quantitative estimate of drug-likeness (QED) is 0.136. The van der Waals surface area contributed by atoms with E-state index in [1.807, 2.05) is 12.1 Å². The monoisotopic (exact) mass is 1010 g/mol. The Morgan fingerprint density at radius 1 is 0.266 bits per heavy atom. The molecule has 0 unspecified atom stereocenters. The molecule has 2 heteroatoms. The van der Waals surface area contributed by atoms with E-state index >= 15 is 0 Å². The van der Waals surface area contributed by atoms with Crippen molar-refractivity contribution in [2.45, 2.75) is 5.41 Å². The highest BCUT2D eigenvalue weighted by Crippen LogP contribution is 2.58. The molecule has 0 fully saturated rings. The van der Waals surface area contributed by atoms with Gasteiger partial charge < -0.3 is 9.32 Å². The standard InChI is InChI=1S/C77H51NO/c1-3-20-62(21-4-1)77(63-22-5-2-6-23-63)72-29-11-9-25-71(72)75-67(26-15-30-73(75)77)56-40-46-65(47-41-56)78(66-48-42-57(43-49-66)68-27-14-28-70-69-24-10-12-31-74(69)79-76(68)70)64-44-38-54(39-45-64)53-32-34-55(35-33-53)59-18-13-19-60(50-59)61-37-36-52-16-7-8-17-58(52)51-61/h1-51H. The number of rotatable bonds is 10. The molecule has 370 valence electrons. The zero-order valence-corrected chi connectivity index (χ0v) is 43.3. The maximum Gasteiger partial charge on any atom is 0.143 e. The summed E-state index contributed by atoms with van der Waals surface area (Å²) < 4.78 is 6.50. The van der Waals surface area contributed by atoms with Crippen LogP contribution in [0.3, 0.4) is 0 Å². The predicted octanol–water partition coefficient (Wildman–Crippen LogP) is 20.9. The van der Waals surface area contributed by atoms with Crippen LogP contribution in [0.25, 0.3) is 99.5 Å². The largest absolute Gasteiger partial charge is 0.455 e. The van der Waals surface area contributed by atoms with Gasteiger partial charge in [-0.2, -0.15) is 0 Å². The van der Waals surface area contributed by atoms with Gasteiger partial charge in [-0.05, 0) is 149 Å². The van der Waals surface area contributed by atoms with E-state index in [1.54, 1.807) is 0 Å². The van der Waals surface area contributed by atoms with Gasteiger partial charge in [0.25, 0.3) is 0 Å². The summed E-state index contributed by atoms with van der Waals surface area (Å²) >= 11 is 0. The maximum absolute atomic E-state index is 6.50. The van der Waals surface area contributed by atoms with Gasteiger partial charge in [-0.1, -0.05) is 255 Å². The van der Waals surface area contributed by atoms with Crippen molar-refractivity contribution in [2.24, 2.45) is 0 Å². The van der Waals surface area contributed by atoms with E-state index in [9.17, 15) is 0 Å². The first kappa shape index (κ1) is 46.1. The first-order chi connectivity index (χ1) is 39.2. The normalized spacial score (nSPS) is 12.4. The summed E-state index contributed by atoms with van der Waals surface area (Å²) in [6.45, 7) is 0. The van der Waals surface area contributed by atoms with Gasteiger partial charge in [-0.15, -0.1) is 0 Å². The van der Waals surface area contributed by atoms with Gasteiger partial charge in [0.1, 0.15) is 11.2 Å². The van der Waals surface area contributed by atoms with E-state index < -0.39 is 5.41 Å². The second-order valence-corrected chi connectivity index (χ2v) is 20.7. The Hall–Kier alpha value is -10.3. The van der Waals surface area contributed by atoms with Crippen LogP contribution in [0.1, 0.15) is 22.3 Å². The minimum absolute atomic E-state index is 0.470. The Bertz CT molecular complexity index is 4520. The van der Waals surface area contributed by atoms with Crippen LogP contribution in [0.15, 0.2) is 314 Å². The van der Waals surface area contributed by atoms with Gasteiger partial charge in [0.2, 0.25) is 0 Å². The summed E-state index contributed by atoms with van der Waals surface area (Å²) in [5.74, 6) is 0. The lowest BCUT2D eigenvalue weighted by Crippen LogP contribution is -2.28. The second-order valence-electron chi connectivity index (χ2n) is 20.7. The van der Waals surface area contributed by atoms with Crippen molar-refractivity contribution in [1.82, 2.24) is 0 Å². The predicted molar refractivity (Wildman–Crippen MR) is 330 cm³/mol. The molecule has 2 nitrogen and oxygen atoms in total. The van der Waals surface area contributed by atoms with Crippen LogP contribution in [0, 0.1) is 0 Å².